The molecule has 0 radical (unpaired) electrons. The van der Waals surface area contributed by atoms with Gasteiger partial charge in [-0.05, 0) is 32.9 Å². The molecule has 0 amide bonds. The fraction of sp³-hybridized carbons (Fsp3) is 0.353. The van der Waals surface area contributed by atoms with Gasteiger partial charge in [-0.1, -0.05) is 12.1 Å². The van der Waals surface area contributed by atoms with Crippen LogP contribution in [0.5, 0.6) is 0 Å². The zero-order valence-corrected chi connectivity index (χ0v) is 13.7. The van der Waals surface area contributed by atoms with Crippen molar-refractivity contribution < 1.29 is 9.53 Å². The van der Waals surface area contributed by atoms with E-state index in [1.807, 2.05) is 43.0 Å². The molecule has 1 heterocycles. The molecule has 0 fully saturated rings. The van der Waals surface area contributed by atoms with E-state index in [9.17, 15) is 4.79 Å². The predicted molar refractivity (Wildman–Crippen MR) is 91.4 cm³/mol. The molecule has 2 N–H and O–H groups in total. The van der Waals surface area contributed by atoms with Gasteiger partial charge in [0.25, 0.3) is 0 Å². The van der Waals surface area contributed by atoms with Gasteiger partial charge in [-0.3, -0.25) is 0 Å². The van der Waals surface area contributed by atoms with Gasteiger partial charge in [-0.15, -0.1) is 0 Å². The maximum atomic E-state index is 12.2. The van der Waals surface area contributed by atoms with Gasteiger partial charge in [0, 0.05) is 30.5 Å². The average Bonchev–Trinajstić information content (AvgIpc) is 2.56. The van der Waals surface area contributed by atoms with Crippen LogP contribution in [0.1, 0.15) is 31.1 Å². The number of esters is 1. The van der Waals surface area contributed by atoms with E-state index < -0.39 is 5.97 Å². The van der Waals surface area contributed by atoms with Crippen LogP contribution < -0.4 is 10.6 Å². The molecule has 2 rings (SSSR count). The van der Waals surface area contributed by atoms with Crippen molar-refractivity contribution in [2.24, 2.45) is 0 Å². The van der Waals surface area contributed by atoms with Gasteiger partial charge >= 0.3 is 5.97 Å². The Morgan fingerprint density at radius 3 is 2.61 bits per heavy atom. The Hall–Kier alpha value is -2.63. The molecule has 6 nitrogen and oxygen atoms in total. The zero-order valence-electron chi connectivity index (χ0n) is 13.7. The van der Waals surface area contributed by atoms with E-state index in [1.54, 1.807) is 6.92 Å². The summed E-state index contributed by atoms with van der Waals surface area (Å²) >= 11 is 0. The summed E-state index contributed by atoms with van der Waals surface area (Å²) in [4.78, 5) is 23.1. The summed E-state index contributed by atoms with van der Waals surface area (Å²) < 4.78 is 5.11. The molecule has 122 valence electrons. The van der Waals surface area contributed by atoms with Gasteiger partial charge in [0.2, 0.25) is 0 Å². The number of aromatic nitrogens is 2. The number of ether oxygens (including phenoxy) is 1. The van der Waals surface area contributed by atoms with Crippen LogP contribution in [0, 0.1) is 0 Å². The van der Waals surface area contributed by atoms with Crippen LogP contribution in [-0.2, 0) is 4.74 Å². The lowest BCUT2D eigenvalue weighted by atomic mass is 10.2. The second kappa shape index (κ2) is 7.58. The molecule has 1 aromatic heterocycles. The molecule has 0 aliphatic carbocycles. The van der Waals surface area contributed by atoms with Crippen LogP contribution >= 0.6 is 0 Å². The SMILES string of the molecule is CCOC(=O)c1cnc(-c2cccc(N)c2)nc1N(CC)CC. The van der Waals surface area contributed by atoms with Crippen LogP contribution in [0.15, 0.2) is 30.5 Å². The summed E-state index contributed by atoms with van der Waals surface area (Å²) in [6, 6.07) is 7.36. The first-order chi connectivity index (χ1) is 11.1. The summed E-state index contributed by atoms with van der Waals surface area (Å²) in [5.74, 6) is 0.710. The molecule has 0 aliphatic heterocycles. The summed E-state index contributed by atoms with van der Waals surface area (Å²) in [5, 5.41) is 0. The van der Waals surface area contributed by atoms with Gasteiger partial charge in [0.1, 0.15) is 11.4 Å². The van der Waals surface area contributed by atoms with Crippen molar-refractivity contribution >= 4 is 17.5 Å². The summed E-state index contributed by atoms with van der Waals surface area (Å²) in [7, 11) is 0. The highest BCUT2D eigenvalue weighted by Gasteiger charge is 2.20. The second-order valence-electron chi connectivity index (χ2n) is 4.95. The van der Waals surface area contributed by atoms with Crippen molar-refractivity contribution in [3.05, 3.63) is 36.0 Å². The molecule has 2 aromatic rings. The van der Waals surface area contributed by atoms with Gasteiger partial charge < -0.3 is 15.4 Å². The first-order valence-electron chi connectivity index (χ1n) is 7.75. The lowest BCUT2D eigenvalue weighted by Gasteiger charge is -2.22. The largest absolute Gasteiger partial charge is 0.462 e. The number of hydrogen-bond donors (Lipinski definition) is 1. The number of carbonyl (C=O) groups is 1. The molecule has 23 heavy (non-hydrogen) atoms. The minimum Gasteiger partial charge on any atom is -0.462 e. The van der Waals surface area contributed by atoms with Gasteiger partial charge in [0.15, 0.2) is 5.82 Å². The quantitative estimate of drug-likeness (QED) is 0.652. The van der Waals surface area contributed by atoms with E-state index in [-0.39, 0.29) is 0 Å². The van der Waals surface area contributed by atoms with Crippen LogP contribution in [0.2, 0.25) is 0 Å². The number of rotatable bonds is 6. The van der Waals surface area contributed by atoms with Crippen LogP contribution in [0.4, 0.5) is 11.5 Å². The number of hydrogen-bond acceptors (Lipinski definition) is 6. The number of carbonyl (C=O) groups excluding carboxylic acids is 1. The van der Waals surface area contributed by atoms with Crippen molar-refractivity contribution in [3.63, 3.8) is 0 Å². The summed E-state index contributed by atoms with van der Waals surface area (Å²) in [6.45, 7) is 7.58. The van der Waals surface area contributed by atoms with Crippen molar-refractivity contribution in [1.82, 2.24) is 9.97 Å². The van der Waals surface area contributed by atoms with Crippen LogP contribution in [-0.4, -0.2) is 35.6 Å². The lowest BCUT2D eigenvalue weighted by molar-refractivity contribution is 0.0526. The summed E-state index contributed by atoms with van der Waals surface area (Å²) in [6.07, 6.45) is 1.52. The van der Waals surface area contributed by atoms with Crippen LogP contribution in [0.25, 0.3) is 11.4 Å². The predicted octanol–water partition coefficient (Wildman–Crippen LogP) is 2.75. The maximum absolute atomic E-state index is 12.2. The van der Waals surface area contributed by atoms with E-state index in [2.05, 4.69) is 9.97 Å². The Morgan fingerprint density at radius 1 is 1.26 bits per heavy atom. The van der Waals surface area contributed by atoms with Gasteiger partial charge in [0.05, 0.1) is 6.61 Å². The zero-order chi connectivity index (χ0) is 16.8. The first-order valence-corrected chi connectivity index (χ1v) is 7.75. The number of nitrogens with two attached hydrogens (primary N) is 1. The molecular formula is C17H22N4O2. The molecule has 0 atom stereocenters. The first kappa shape index (κ1) is 16.7. The molecular weight excluding hydrogens is 292 g/mol. The molecule has 0 aliphatic rings. The Morgan fingerprint density at radius 2 is 2.00 bits per heavy atom. The average molecular weight is 314 g/mol. The number of nitrogen functional groups attached to an aromatic ring is 1. The van der Waals surface area contributed by atoms with E-state index in [0.717, 1.165) is 18.7 Å². The monoisotopic (exact) mass is 314 g/mol. The normalized spacial score (nSPS) is 10.4. The Kier molecular flexibility index (Phi) is 5.51. The Bertz CT molecular complexity index is 684. The van der Waals surface area contributed by atoms with Crippen LogP contribution in [0.3, 0.4) is 0 Å². The smallest absolute Gasteiger partial charge is 0.343 e. The fourth-order valence-corrected chi connectivity index (χ4v) is 2.31. The summed E-state index contributed by atoms with van der Waals surface area (Å²) in [5.41, 5.74) is 7.66. The number of benzene rings is 1. The minimum absolute atomic E-state index is 0.313. The molecule has 1 aromatic carbocycles. The van der Waals surface area contributed by atoms with Crippen molar-refractivity contribution in [2.45, 2.75) is 20.8 Å². The highest BCUT2D eigenvalue weighted by molar-refractivity contribution is 5.94. The van der Waals surface area contributed by atoms with Crippen molar-refractivity contribution in [2.75, 3.05) is 30.3 Å². The molecule has 0 bridgehead atoms. The molecule has 0 spiro atoms. The van der Waals surface area contributed by atoms with E-state index in [4.69, 9.17) is 10.5 Å². The van der Waals surface area contributed by atoms with E-state index in [0.29, 0.717) is 29.5 Å². The highest BCUT2D eigenvalue weighted by Crippen LogP contribution is 2.24. The van der Waals surface area contributed by atoms with E-state index >= 15 is 0 Å². The molecule has 0 saturated heterocycles. The molecule has 6 heteroatoms. The minimum atomic E-state index is -0.409. The standard InChI is InChI=1S/C17H22N4O2/c1-4-21(5-2)16-14(17(22)23-6-3)11-19-15(20-16)12-8-7-9-13(18)10-12/h7-11H,4-6,18H2,1-3H3. The molecule has 0 unspecified atom stereocenters. The van der Waals surface area contributed by atoms with Crippen molar-refractivity contribution in [1.29, 1.82) is 0 Å². The third-order valence-corrected chi connectivity index (χ3v) is 3.47. The third-order valence-electron chi connectivity index (χ3n) is 3.47. The second-order valence-corrected chi connectivity index (χ2v) is 4.95. The van der Waals surface area contributed by atoms with E-state index in [1.165, 1.54) is 6.20 Å². The number of nitrogens with zero attached hydrogens (tertiary/aromatic N) is 3. The molecule has 0 saturated carbocycles. The fourth-order valence-electron chi connectivity index (χ4n) is 2.31. The topological polar surface area (TPSA) is 81.3 Å². The highest BCUT2D eigenvalue weighted by atomic mass is 16.5. The Balaban J connectivity index is 2.52. The maximum Gasteiger partial charge on any atom is 0.343 e. The lowest BCUT2D eigenvalue weighted by Crippen LogP contribution is -2.26. The van der Waals surface area contributed by atoms with Crippen molar-refractivity contribution in [3.8, 4) is 11.4 Å². The number of anilines is 2. The third kappa shape index (κ3) is 3.77. The van der Waals surface area contributed by atoms with Gasteiger partial charge in [-0.25, -0.2) is 14.8 Å². The van der Waals surface area contributed by atoms with Gasteiger partial charge in [-0.2, -0.15) is 0 Å². The Labute approximate surface area is 136 Å².